The fourth-order valence-corrected chi connectivity index (χ4v) is 3.38. The molecule has 4 nitrogen and oxygen atoms in total. The van der Waals surface area contributed by atoms with Crippen molar-refractivity contribution in [3.05, 3.63) is 59.9 Å². The van der Waals surface area contributed by atoms with E-state index in [1.807, 2.05) is 30.3 Å². The van der Waals surface area contributed by atoms with Gasteiger partial charge in [0.1, 0.15) is 10.7 Å². The van der Waals surface area contributed by atoms with Gasteiger partial charge < -0.3 is 5.73 Å². The molecule has 0 heterocycles. The summed E-state index contributed by atoms with van der Waals surface area (Å²) in [6, 6.07) is 12.7. The quantitative estimate of drug-likeness (QED) is 0.833. The first-order chi connectivity index (χ1) is 9.88. The number of sulfonamides is 1. The molecule has 0 bridgehead atoms. The van der Waals surface area contributed by atoms with Gasteiger partial charge in [0.05, 0.1) is 0 Å². The van der Waals surface area contributed by atoms with Gasteiger partial charge in [0.25, 0.3) is 0 Å². The molecule has 112 valence electrons. The lowest BCUT2D eigenvalue weighted by Gasteiger charge is -2.15. The smallest absolute Gasteiger partial charge is 0.243 e. The third kappa shape index (κ3) is 4.03. The molecule has 6 heteroatoms. The van der Waals surface area contributed by atoms with E-state index >= 15 is 0 Å². The Hall–Kier alpha value is -1.92. The summed E-state index contributed by atoms with van der Waals surface area (Å²) in [6.45, 7) is 1.74. The van der Waals surface area contributed by atoms with E-state index in [1.54, 1.807) is 6.92 Å². The second-order valence-electron chi connectivity index (χ2n) is 4.90. The molecule has 1 unspecified atom stereocenters. The van der Waals surface area contributed by atoms with E-state index < -0.39 is 20.7 Å². The molecule has 2 aromatic carbocycles. The van der Waals surface area contributed by atoms with Crippen LogP contribution in [0.4, 0.5) is 10.1 Å². The molecule has 0 aromatic heterocycles. The Balaban J connectivity index is 2.13. The maximum absolute atomic E-state index is 13.7. The lowest BCUT2D eigenvalue weighted by molar-refractivity contribution is 0.542. The van der Waals surface area contributed by atoms with Crippen LogP contribution in [0.15, 0.2) is 53.4 Å². The van der Waals surface area contributed by atoms with Crippen molar-refractivity contribution in [2.75, 3.05) is 5.73 Å². The topological polar surface area (TPSA) is 72.2 Å². The van der Waals surface area contributed by atoms with Gasteiger partial charge in [-0.3, -0.25) is 0 Å². The van der Waals surface area contributed by atoms with Crippen molar-refractivity contribution in [3.8, 4) is 0 Å². The van der Waals surface area contributed by atoms with Gasteiger partial charge in [0.15, 0.2) is 0 Å². The highest BCUT2D eigenvalue weighted by Gasteiger charge is 2.21. The number of hydrogen-bond acceptors (Lipinski definition) is 3. The molecular weight excluding hydrogens is 291 g/mol. The molecule has 0 aliphatic heterocycles. The van der Waals surface area contributed by atoms with Crippen LogP contribution in [0.5, 0.6) is 0 Å². The van der Waals surface area contributed by atoms with E-state index in [9.17, 15) is 12.8 Å². The van der Waals surface area contributed by atoms with Crippen molar-refractivity contribution < 1.29 is 12.8 Å². The second kappa shape index (κ2) is 6.24. The number of rotatable bonds is 5. The zero-order valence-electron chi connectivity index (χ0n) is 11.6. The average Bonchev–Trinajstić information content (AvgIpc) is 2.38. The van der Waals surface area contributed by atoms with E-state index in [0.717, 1.165) is 11.6 Å². The Morgan fingerprint density at radius 2 is 1.86 bits per heavy atom. The predicted molar refractivity (Wildman–Crippen MR) is 80.7 cm³/mol. The maximum atomic E-state index is 13.7. The monoisotopic (exact) mass is 308 g/mol. The minimum Gasteiger partial charge on any atom is -0.399 e. The van der Waals surface area contributed by atoms with E-state index in [2.05, 4.69) is 4.72 Å². The number of nitrogens with two attached hydrogens (primary N) is 1. The Labute approximate surface area is 123 Å². The fraction of sp³-hybridized carbons (Fsp3) is 0.200. The van der Waals surface area contributed by atoms with Crippen molar-refractivity contribution in [1.29, 1.82) is 0 Å². The minimum atomic E-state index is -3.91. The molecule has 0 fully saturated rings. The number of anilines is 1. The van der Waals surface area contributed by atoms with Gasteiger partial charge in [0.2, 0.25) is 10.0 Å². The summed E-state index contributed by atoms with van der Waals surface area (Å²) in [5, 5.41) is 0. The van der Waals surface area contributed by atoms with Crippen LogP contribution in [-0.4, -0.2) is 14.5 Å². The lowest BCUT2D eigenvalue weighted by Crippen LogP contribution is -2.34. The largest absolute Gasteiger partial charge is 0.399 e. The summed E-state index contributed by atoms with van der Waals surface area (Å²) in [5.41, 5.74) is 6.61. The number of nitrogen functional groups attached to an aromatic ring is 1. The highest BCUT2D eigenvalue weighted by molar-refractivity contribution is 7.89. The molecule has 0 radical (unpaired) electrons. The molecule has 2 rings (SSSR count). The molecule has 2 aromatic rings. The SMILES string of the molecule is CC(Cc1ccccc1)NS(=O)(=O)c1ccc(N)cc1F. The predicted octanol–water partition coefficient (Wildman–Crippen LogP) is 2.32. The molecular formula is C15H17FN2O2S. The number of hydrogen-bond donors (Lipinski definition) is 2. The Bertz CT molecular complexity index is 718. The van der Waals surface area contributed by atoms with Crippen molar-refractivity contribution in [3.63, 3.8) is 0 Å². The summed E-state index contributed by atoms with van der Waals surface area (Å²) >= 11 is 0. The molecule has 0 spiro atoms. The molecule has 0 saturated heterocycles. The summed E-state index contributed by atoms with van der Waals surface area (Å²) < 4.78 is 40.5. The molecule has 1 atom stereocenters. The number of nitrogens with one attached hydrogen (secondary N) is 1. The highest BCUT2D eigenvalue weighted by Crippen LogP contribution is 2.17. The summed E-state index contributed by atoms with van der Waals surface area (Å²) in [5.74, 6) is -0.852. The first-order valence-electron chi connectivity index (χ1n) is 6.50. The van der Waals surface area contributed by atoms with E-state index in [1.165, 1.54) is 12.1 Å². The van der Waals surface area contributed by atoms with Crippen LogP contribution in [-0.2, 0) is 16.4 Å². The van der Waals surface area contributed by atoms with Crippen LogP contribution in [0.25, 0.3) is 0 Å². The van der Waals surface area contributed by atoms with Gasteiger partial charge in [-0.2, -0.15) is 0 Å². The summed E-state index contributed by atoms with van der Waals surface area (Å²) in [4.78, 5) is -0.392. The molecule has 0 amide bonds. The summed E-state index contributed by atoms with van der Waals surface area (Å²) in [7, 11) is -3.91. The van der Waals surface area contributed by atoms with Crippen LogP contribution < -0.4 is 10.5 Å². The first-order valence-corrected chi connectivity index (χ1v) is 7.98. The zero-order chi connectivity index (χ0) is 15.5. The normalized spacial score (nSPS) is 13.0. The lowest BCUT2D eigenvalue weighted by atomic mass is 10.1. The van der Waals surface area contributed by atoms with Crippen molar-refractivity contribution in [2.45, 2.75) is 24.3 Å². The Morgan fingerprint density at radius 3 is 2.48 bits per heavy atom. The molecule has 3 N–H and O–H groups in total. The van der Waals surface area contributed by atoms with Crippen molar-refractivity contribution >= 4 is 15.7 Å². The Morgan fingerprint density at radius 1 is 1.19 bits per heavy atom. The van der Waals surface area contributed by atoms with Gasteiger partial charge >= 0.3 is 0 Å². The average molecular weight is 308 g/mol. The van der Waals surface area contributed by atoms with Crippen LogP contribution >= 0.6 is 0 Å². The van der Waals surface area contributed by atoms with Crippen molar-refractivity contribution in [1.82, 2.24) is 4.72 Å². The standard InChI is InChI=1S/C15H17FN2O2S/c1-11(9-12-5-3-2-4-6-12)18-21(19,20)15-8-7-13(17)10-14(15)16/h2-8,10-11,18H,9,17H2,1H3. The third-order valence-corrected chi connectivity index (χ3v) is 4.61. The van der Waals surface area contributed by atoms with Gasteiger partial charge in [-0.25, -0.2) is 17.5 Å². The van der Waals surface area contributed by atoms with E-state index in [-0.39, 0.29) is 11.7 Å². The minimum absolute atomic E-state index is 0.184. The van der Waals surface area contributed by atoms with Gasteiger partial charge in [-0.05, 0) is 37.1 Å². The molecule has 0 aliphatic carbocycles. The maximum Gasteiger partial charge on any atom is 0.243 e. The van der Waals surface area contributed by atoms with Crippen LogP contribution in [0.2, 0.25) is 0 Å². The third-order valence-electron chi connectivity index (χ3n) is 2.99. The summed E-state index contributed by atoms with van der Waals surface area (Å²) in [6.07, 6.45) is 0.524. The zero-order valence-corrected chi connectivity index (χ0v) is 12.4. The van der Waals surface area contributed by atoms with Gasteiger partial charge in [-0.1, -0.05) is 30.3 Å². The Kier molecular flexibility index (Phi) is 4.59. The molecule has 21 heavy (non-hydrogen) atoms. The first kappa shape index (κ1) is 15.5. The van der Waals surface area contributed by atoms with E-state index in [4.69, 9.17) is 5.73 Å². The van der Waals surface area contributed by atoms with Crippen LogP contribution in [0, 0.1) is 5.82 Å². The second-order valence-corrected chi connectivity index (χ2v) is 6.58. The number of halogens is 1. The number of benzene rings is 2. The van der Waals surface area contributed by atoms with Crippen molar-refractivity contribution in [2.24, 2.45) is 0 Å². The molecule has 0 aliphatic rings. The van der Waals surface area contributed by atoms with Crippen LogP contribution in [0.3, 0.4) is 0 Å². The van der Waals surface area contributed by atoms with Crippen LogP contribution in [0.1, 0.15) is 12.5 Å². The van der Waals surface area contributed by atoms with Gasteiger partial charge in [-0.15, -0.1) is 0 Å². The fourth-order valence-electron chi connectivity index (χ4n) is 2.07. The highest BCUT2D eigenvalue weighted by atomic mass is 32.2. The van der Waals surface area contributed by atoms with Gasteiger partial charge in [0, 0.05) is 11.7 Å². The van der Waals surface area contributed by atoms with E-state index in [0.29, 0.717) is 6.42 Å². The molecule has 0 saturated carbocycles.